The normalized spacial score (nSPS) is 9.70. The van der Waals surface area contributed by atoms with E-state index in [1.807, 2.05) is 20.8 Å². The number of fused-ring (bicyclic) bond motifs is 1. The van der Waals surface area contributed by atoms with E-state index in [1.165, 1.54) is 20.8 Å². The summed E-state index contributed by atoms with van der Waals surface area (Å²) in [7, 11) is 0.450. The summed E-state index contributed by atoms with van der Waals surface area (Å²) in [6.45, 7) is 12.0. The minimum absolute atomic E-state index is 0.250. The van der Waals surface area contributed by atoms with Crippen molar-refractivity contribution in [2.24, 2.45) is 0 Å². The zero-order valence-electron chi connectivity index (χ0n) is 14.4. The van der Waals surface area contributed by atoms with Gasteiger partial charge in [-0.1, -0.05) is 62.8 Å². The standard InChI is InChI=1S/C10H8Br.C4H10N.C2H6Si.3HI.Zr/c1-7-5-8-3-2-4-10(11)9(8)6-7;1-4(2,3)5;1-3-2;;;;/h2-6H,1H3;5H,1-3H3;1-2H3;3*1H;/q2*-1;;;;;+3/p-3. The van der Waals surface area contributed by atoms with Crippen LogP contribution in [0.3, 0.4) is 0 Å². The summed E-state index contributed by atoms with van der Waals surface area (Å²) < 4.78 is 1.18. The van der Waals surface area contributed by atoms with E-state index in [0.29, 0.717) is 0 Å². The number of nitrogens with one attached hydrogen (secondary N) is 1. The molecule has 0 aliphatic carbocycles. The fourth-order valence-electron chi connectivity index (χ4n) is 1.35. The third kappa shape index (κ3) is 20.7. The summed E-state index contributed by atoms with van der Waals surface area (Å²) in [5.74, 6) is 0. The maximum atomic E-state index is 6.94. The number of aryl methyl sites for hydroxylation is 1. The van der Waals surface area contributed by atoms with Crippen molar-refractivity contribution in [1.29, 1.82) is 0 Å². The molecular weight excluding hydrogens is 786 g/mol. The van der Waals surface area contributed by atoms with Gasteiger partial charge in [-0.25, -0.2) is 0 Å². The molecule has 2 radical (unpaired) electrons. The van der Waals surface area contributed by atoms with E-state index in [2.05, 4.69) is 120 Å². The summed E-state index contributed by atoms with van der Waals surface area (Å²) in [4.78, 5) is 0. The average molecular weight is 810 g/mol. The zero-order valence-corrected chi connectivity index (χ0v) is 25.9. The van der Waals surface area contributed by atoms with E-state index in [9.17, 15) is 0 Å². The maximum absolute atomic E-state index is 6.94. The van der Waals surface area contributed by atoms with Gasteiger partial charge in [-0.3, -0.25) is 0 Å². The molecule has 23 heavy (non-hydrogen) atoms. The number of benzene rings is 1. The molecule has 0 aliphatic heterocycles. The average Bonchev–Trinajstić information content (AvgIpc) is 2.69. The molecule has 0 aromatic heterocycles. The molecule has 2 rings (SSSR count). The first-order valence-electron chi connectivity index (χ1n) is 6.90. The molecule has 7 heteroatoms. The minimum atomic E-state index is -0.633. The van der Waals surface area contributed by atoms with E-state index in [0.717, 1.165) is 9.52 Å². The molecule has 0 unspecified atom stereocenters. The molecule has 2 aromatic rings. The number of rotatable bonds is 0. The molecule has 2 aromatic carbocycles. The van der Waals surface area contributed by atoms with Gasteiger partial charge in [0.15, 0.2) is 0 Å². The molecule has 0 spiro atoms. The Bertz CT molecular complexity index is 533. The molecule has 0 bridgehead atoms. The fourth-order valence-corrected chi connectivity index (χ4v) is 1.84. The second-order valence-corrected chi connectivity index (χ2v) is 64.4. The predicted octanol–water partition coefficient (Wildman–Crippen LogP) is 8.91. The molecule has 0 fully saturated rings. The van der Waals surface area contributed by atoms with E-state index < -0.39 is 9.18 Å². The van der Waals surface area contributed by atoms with Crippen molar-refractivity contribution in [3.05, 3.63) is 46.1 Å². The summed E-state index contributed by atoms with van der Waals surface area (Å²) in [6, 6.07) is 10.7. The first kappa shape index (κ1) is 27.8. The molecule has 0 saturated heterocycles. The predicted molar refractivity (Wildman–Crippen MR) is 136 cm³/mol. The number of hydrogen-bond acceptors (Lipinski definition) is 0. The van der Waals surface area contributed by atoms with E-state index in [1.54, 1.807) is 0 Å². The molecule has 0 heterocycles. The van der Waals surface area contributed by atoms with E-state index in [4.69, 9.17) is 5.73 Å². The Labute approximate surface area is 188 Å². The van der Waals surface area contributed by atoms with Crippen LogP contribution in [0.4, 0.5) is 0 Å². The molecule has 0 aliphatic rings. The summed E-state index contributed by atoms with van der Waals surface area (Å²) >= 11 is 11.1. The first-order chi connectivity index (χ1) is 10.4. The monoisotopic (exact) mass is 808 g/mol. The second-order valence-electron chi connectivity index (χ2n) is 5.74. The molecule has 0 atom stereocenters. The van der Waals surface area contributed by atoms with Gasteiger partial charge in [0, 0.05) is 9.52 Å². The number of hydrogen-bond donors (Lipinski definition) is 0. The van der Waals surface area contributed by atoms with Crippen molar-refractivity contribution in [3.63, 3.8) is 0 Å². The summed E-state index contributed by atoms with van der Waals surface area (Å²) in [5.41, 5.74) is 8.01. The Morgan fingerprint density at radius 3 is 1.91 bits per heavy atom. The SMILES string of the molecule is CC(C)(C)[NH-].C[Si]C.Cc1cc2c(Br)cccc2[cH-]1.[I][Zr]([I])[I]. The van der Waals surface area contributed by atoms with Gasteiger partial charge in [-0.15, -0.1) is 40.1 Å². The van der Waals surface area contributed by atoms with Gasteiger partial charge in [0.25, 0.3) is 0 Å². The Balaban J connectivity index is 0. The van der Waals surface area contributed by atoms with Crippen LogP contribution < -0.4 is 0 Å². The quantitative estimate of drug-likeness (QED) is 0.144. The fraction of sp³-hybridized carbons (Fsp3) is 0.438. The Kier molecular flexibility index (Phi) is 18.8. The van der Waals surface area contributed by atoms with Crippen molar-refractivity contribution in [1.82, 2.24) is 0 Å². The van der Waals surface area contributed by atoms with E-state index >= 15 is 0 Å². The van der Waals surface area contributed by atoms with Gasteiger partial charge in [-0.05, 0) is 4.47 Å². The first-order valence-corrected chi connectivity index (χ1v) is 31.6. The van der Waals surface area contributed by atoms with Crippen LogP contribution >= 0.6 is 70.1 Å². The molecule has 0 saturated carbocycles. The Hall–Kier alpha value is 2.56. The molecular formula is C16H24BrI3NSiZr-2. The number of halogens is 4. The van der Waals surface area contributed by atoms with Crippen LogP contribution in [-0.4, -0.2) is 15.1 Å². The summed E-state index contributed by atoms with van der Waals surface area (Å²) in [5, 5.41) is 2.63. The zero-order chi connectivity index (χ0) is 18.6. The Morgan fingerprint density at radius 2 is 1.57 bits per heavy atom. The third-order valence-corrected chi connectivity index (χ3v) is 2.53. The van der Waals surface area contributed by atoms with Crippen molar-refractivity contribution >= 4 is 90.4 Å². The van der Waals surface area contributed by atoms with Gasteiger partial charge in [-0.2, -0.15) is 6.07 Å². The van der Waals surface area contributed by atoms with Crippen LogP contribution in [-0.2, 0) is 9.18 Å². The second kappa shape index (κ2) is 15.6. The van der Waals surface area contributed by atoms with Gasteiger partial charge < -0.3 is 5.73 Å². The van der Waals surface area contributed by atoms with Gasteiger partial charge in [0.05, 0.1) is 0 Å². The molecule has 131 valence electrons. The van der Waals surface area contributed by atoms with Crippen LogP contribution in [0.25, 0.3) is 16.5 Å². The van der Waals surface area contributed by atoms with Gasteiger partial charge in [0.2, 0.25) is 0 Å². The van der Waals surface area contributed by atoms with Crippen LogP contribution in [0.1, 0.15) is 26.3 Å². The Morgan fingerprint density at radius 1 is 1.17 bits per heavy atom. The van der Waals surface area contributed by atoms with Crippen molar-refractivity contribution in [2.75, 3.05) is 0 Å². The van der Waals surface area contributed by atoms with Crippen LogP contribution in [0.15, 0.2) is 34.8 Å². The van der Waals surface area contributed by atoms with Gasteiger partial charge >= 0.3 is 63.3 Å². The topological polar surface area (TPSA) is 23.8 Å². The van der Waals surface area contributed by atoms with Crippen molar-refractivity contribution < 1.29 is 9.18 Å². The van der Waals surface area contributed by atoms with Crippen molar-refractivity contribution in [3.8, 4) is 0 Å². The molecule has 1 nitrogen and oxygen atoms in total. The molecule has 1 N–H and O–H groups in total. The van der Waals surface area contributed by atoms with Crippen molar-refractivity contribution in [2.45, 2.75) is 46.3 Å². The van der Waals surface area contributed by atoms with Gasteiger partial charge in [0.1, 0.15) is 0 Å². The van der Waals surface area contributed by atoms with Crippen LogP contribution in [0.5, 0.6) is 0 Å². The third-order valence-electron chi connectivity index (χ3n) is 1.84. The van der Waals surface area contributed by atoms with Crippen LogP contribution in [0.2, 0.25) is 13.1 Å². The summed E-state index contributed by atoms with van der Waals surface area (Å²) in [6.07, 6.45) is 0. The van der Waals surface area contributed by atoms with E-state index in [-0.39, 0.29) is 5.54 Å². The van der Waals surface area contributed by atoms with Crippen LogP contribution in [0, 0.1) is 6.92 Å². The molecule has 0 amide bonds.